The maximum Gasteiger partial charge on any atom is 0.354 e. The third kappa shape index (κ3) is 5.99. The van der Waals surface area contributed by atoms with Crippen LogP contribution >= 0.6 is 0 Å². The SMILES string of the molecule is NC(=O)CC1(N)CCNC1.O=C(O)c1ccc(N2CC(F)(F)C2)c(OCC2CC2)n1. The molecule has 1 saturated carbocycles. The molecular formula is C19H27F2N5O4. The molecule has 11 heteroatoms. The first-order valence-electron chi connectivity index (χ1n) is 9.85. The van der Waals surface area contributed by atoms with E-state index >= 15 is 0 Å². The summed E-state index contributed by atoms with van der Waals surface area (Å²) in [7, 11) is 0. The fourth-order valence-electron chi connectivity index (χ4n) is 3.32. The van der Waals surface area contributed by atoms with E-state index in [1.54, 1.807) is 0 Å². The van der Waals surface area contributed by atoms with Crippen LogP contribution in [0.5, 0.6) is 5.88 Å². The number of pyridine rings is 1. The number of nitrogens with one attached hydrogen (secondary N) is 1. The highest BCUT2D eigenvalue weighted by molar-refractivity contribution is 5.86. The second-order valence-electron chi connectivity index (χ2n) is 8.22. The van der Waals surface area contributed by atoms with E-state index in [2.05, 4.69) is 10.3 Å². The minimum Gasteiger partial charge on any atom is -0.477 e. The molecule has 9 nitrogen and oxygen atoms in total. The van der Waals surface area contributed by atoms with E-state index in [0.717, 1.165) is 25.8 Å². The lowest BCUT2D eigenvalue weighted by atomic mass is 9.96. The number of anilines is 1. The number of carboxylic acids is 1. The van der Waals surface area contributed by atoms with Gasteiger partial charge in [0.1, 0.15) is 5.69 Å². The predicted molar refractivity (Wildman–Crippen MR) is 105 cm³/mol. The van der Waals surface area contributed by atoms with Crippen molar-refractivity contribution in [1.29, 1.82) is 0 Å². The lowest BCUT2D eigenvalue weighted by Crippen LogP contribution is -2.56. The van der Waals surface area contributed by atoms with Gasteiger partial charge in [0.2, 0.25) is 11.8 Å². The van der Waals surface area contributed by atoms with Gasteiger partial charge in [0, 0.05) is 18.5 Å². The molecule has 3 heterocycles. The molecule has 3 fully saturated rings. The van der Waals surface area contributed by atoms with Gasteiger partial charge in [0.05, 0.1) is 19.7 Å². The number of carbonyl (C=O) groups is 2. The van der Waals surface area contributed by atoms with Crippen molar-refractivity contribution in [3.8, 4) is 5.88 Å². The third-order valence-corrected chi connectivity index (χ3v) is 5.20. The lowest BCUT2D eigenvalue weighted by Gasteiger charge is -2.40. The summed E-state index contributed by atoms with van der Waals surface area (Å²) in [6.45, 7) is 1.27. The summed E-state index contributed by atoms with van der Waals surface area (Å²) in [5.74, 6) is -3.57. The van der Waals surface area contributed by atoms with Gasteiger partial charge in [-0.1, -0.05) is 0 Å². The van der Waals surface area contributed by atoms with Crippen molar-refractivity contribution in [2.45, 2.75) is 37.1 Å². The molecule has 6 N–H and O–H groups in total. The van der Waals surface area contributed by atoms with Crippen LogP contribution in [-0.2, 0) is 4.79 Å². The summed E-state index contributed by atoms with van der Waals surface area (Å²) < 4.78 is 31.4. The highest BCUT2D eigenvalue weighted by atomic mass is 19.3. The molecule has 3 aliphatic rings. The summed E-state index contributed by atoms with van der Waals surface area (Å²) in [6.07, 6.45) is 3.29. The number of rotatable bonds is 7. The molecule has 1 amide bonds. The molecule has 1 unspecified atom stereocenters. The predicted octanol–water partition coefficient (Wildman–Crippen LogP) is 0.577. The van der Waals surface area contributed by atoms with Crippen LogP contribution < -0.4 is 26.4 Å². The Kier molecular flexibility index (Phi) is 6.41. The fraction of sp³-hybridized carbons (Fsp3) is 0.632. The molecule has 1 aromatic rings. The van der Waals surface area contributed by atoms with E-state index < -0.39 is 11.9 Å². The van der Waals surface area contributed by atoms with Crippen LogP contribution in [0.4, 0.5) is 14.5 Å². The number of halogens is 2. The lowest BCUT2D eigenvalue weighted by molar-refractivity contribution is -0.119. The zero-order valence-corrected chi connectivity index (χ0v) is 16.6. The van der Waals surface area contributed by atoms with Crippen LogP contribution in [0, 0.1) is 5.92 Å². The highest BCUT2D eigenvalue weighted by Gasteiger charge is 2.45. The van der Waals surface area contributed by atoms with E-state index in [0.29, 0.717) is 31.2 Å². The number of carboxylic acid groups (broad SMARTS) is 1. The number of nitrogens with two attached hydrogens (primary N) is 2. The molecular weight excluding hydrogens is 400 g/mol. The van der Waals surface area contributed by atoms with Crippen molar-refractivity contribution in [1.82, 2.24) is 10.3 Å². The molecule has 1 aromatic heterocycles. The van der Waals surface area contributed by atoms with Gasteiger partial charge in [0.15, 0.2) is 5.69 Å². The number of amides is 1. The second kappa shape index (κ2) is 8.68. The Morgan fingerprint density at radius 1 is 1.33 bits per heavy atom. The van der Waals surface area contributed by atoms with Gasteiger partial charge in [-0.25, -0.2) is 18.6 Å². The fourth-order valence-corrected chi connectivity index (χ4v) is 3.32. The number of hydrogen-bond donors (Lipinski definition) is 4. The van der Waals surface area contributed by atoms with Crippen LogP contribution in [0.2, 0.25) is 0 Å². The first-order valence-corrected chi connectivity index (χ1v) is 9.85. The Hall–Kier alpha value is -2.53. The minimum absolute atomic E-state index is 0.132. The van der Waals surface area contributed by atoms with Gasteiger partial charge in [-0.2, -0.15) is 0 Å². The van der Waals surface area contributed by atoms with Crippen molar-refractivity contribution in [3.63, 3.8) is 0 Å². The molecule has 30 heavy (non-hydrogen) atoms. The summed E-state index contributed by atoms with van der Waals surface area (Å²) in [4.78, 5) is 26.8. The zero-order chi connectivity index (χ0) is 21.9. The standard InChI is InChI=1S/C13H14F2N2O3.C6H13N3O/c14-13(15)6-17(7-13)10-4-3-9(12(18)19)16-11(10)20-5-8-1-2-8;7-5(10)3-6(8)1-2-9-4-6/h3-4,8H,1-2,5-7H2,(H,18,19);9H,1-4,8H2,(H2,7,10). The Morgan fingerprint density at radius 3 is 2.53 bits per heavy atom. The van der Waals surface area contributed by atoms with Crippen LogP contribution in [0.1, 0.15) is 36.2 Å². The van der Waals surface area contributed by atoms with Gasteiger partial charge in [-0.05, 0) is 43.9 Å². The van der Waals surface area contributed by atoms with E-state index in [1.165, 1.54) is 17.0 Å². The molecule has 2 aliphatic heterocycles. The molecule has 0 aromatic carbocycles. The van der Waals surface area contributed by atoms with E-state index in [-0.39, 0.29) is 36.1 Å². The van der Waals surface area contributed by atoms with Crippen LogP contribution in [0.15, 0.2) is 12.1 Å². The van der Waals surface area contributed by atoms with Crippen molar-refractivity contribution in [2.75, 3.05) is 37.7 Å². The molecule has 1 aliphatic carbocycles. The van der Waals surface area contributed by atoms with Crippen molar-refractivity contribution >= 4 is 17.6 Å². The Morgan fingerprint density at radius 2 is 2.03 bits per heavy atom. The second-order valence-corrected chi connectivity index (χ2v) is 8.22. The highest BCUT2D eigenvalue weighted by Crippen LogP contribution is 2.37. The number of ether oxygens (including phenoxy) is 1. The summed E-state index contributed by atoms with van der Waals surface area (Å²) in [6, 6.07) is 2.78. The molecule has 0 radical (unpaired) electrons. The van der Waals surface area contributed by atoms with E-state index in [9.17, 15) is 18.4 Å². The molecule has 166 valence electrons. The smallest absolute Gasteiger partial charge is 0.354 e. The molecule has 0 spiro atoms. The zero-order valence-electron chi connectivity index (χ0n) is 16.6. The average molecular weight is 427 g/mol. The van der Waals surface area contributed by atoms with Crippen LogP contribution in [0.3, 0.4) is 0 Å². The number of nitrogens with zero attached hydrogens (tertiary/aromatic N) is 2. The number of primary amides is 1. The summed E-state index contributed by atoms with van der Waals surface area (Å²) in [5.41, 5.74) is 10.7. The number of aromatic nitrogens is 1. The van der Waals surface area contributed by atoms with Crippen LogP contribution in [-0.4, -0.2) is 66.2 Å². The maximum absolute atomic E-state index is 12.9. The molecule has 4 rings (SSSR count). The molecule has 2 saturated heterocycles. The quantitative estimate of drug-likeness (QED) is 0.495. The Balaban J connectivity index is 0.000000216. The van der Waals surface area contributed by atoms with E-state index in [1.807, 2.05) is 0 Å². The third-order valence-electron chi connectivity index (χ3n) is 5.20. The number of aromatic carboxylic acids is 1. The van der Waals surface area contributed by atoms with Crippen molar-refractivity contribution in [3.05, 3.63) is 17.8 Å². The minimum atomic E-state index is -2.70. The van der Waals surface area contributed by atoms with Gasteiger partial charge < -0.3 is 31.5 Å². The average Bonchev–Trinajstić information content (AvgIpc) is 3.37. The molecule has 1 atom stereocenters. The normalized spacial score (nSPS) is 24.4. The van der Waals surface area contributed by atoms with Gasteiger partial charge in [0.25, 0.3) is 5.92 Å². The number of hydrogen-bond acceptors (Lipinski definition) is 7. The molecule has 0 bridgehead atoms. The summed E-state index contributed by atoms with van der Waals surface area (Å²) >= 11 is 0. The van der Waals surface area contributed by atoms with Gasteiger partial charge in [-0.3, -0.25) is 4.79 Å². The maximum atomic E-state index is 12.9. The largest absolute Gasteiger partial charge is 0.477 e. The number of carbonyl (C=O) groups excluding carboxylic acids is 1. The van der Waals surface area contributed by atoms with Crippen LogP contribution in [0.25, 0.3) is 0 Å². The van der Waals surface area contributed by atoms with Crippen molar-refractivity contribution < 1.29 is 28.2 Å². The Bertz CT molecular complexity index is 789. The van der Waals surface area contributed by atoms with Crippen molar-refractivity contribution in [2.24, 2.45) is 17.4 Å². The summed E-state index contributed by atoms with van der Waals surface area (Å²) in [5, 5.41) is 12.0. The number of alkyl halides is 2. The Labute approximate surface area is 172 Å². The first kappa shape index (κ1) is 22.2. The van der Waals surface area contributed by atoms with Gasteiger partial charge >= 0.3 is 5.97 Å². The first-order chi connectivity index (χ1) is 14.1. The topological polar surface area (TPSA) is 144 Å². The van der Waals surface area contributed by atoms with E-state index in [4.69, 9.17) is 21.3 Å². The monoisotopic (exact) mass is 427 g/mol. The van der Waals surface area contributed by atoms with Gasteiger partial charge in [-0.15, -0.1) is 0 Å².